The van der Waals surface area contributed by atoms with E-state index in [0.29, 0.717) is 11.9 Å². The SMILES string of the molecule is C[C@@H](C[Se]C#N)NC(=O)OCC1c2ccccc2-c2ccccc21. The maximum atomic E-state index is 12.0. The van der Waals surface area contributed by atoms with E-state index in [9.17, 15) is 4.79 Å². The minimum absolute atomic E-state index is 0.0414. The molecule has 3 rings (SSSR count). The van der Waals surface area contributed by atoms with Gasteiger partial charge in [0.1, 0.15) is 0 Å². The number of nitrogens with zero attached hydrogens (tertiary/aromatic N) is 1. The number of nitrogens with one attached hydrogen (secondary N) is 1. The number of benzene rings is 2. The maximum absolute atomic E-state index is 12.0. The van der Waals surface area contributed by atoms with E-state index in [1.807, 2.05) is 31.2 Å². The fourth-order valence-corrected chi connectivity index (χ4v) is 3.90. The third-order valence-corrected chi connectivity index (χ3v) is 5.78. The molecule has 1 amide bonds. The van der Waals surface area contributed by atoms with Crippen molar-refractivity contribution in [1.29, 1.82) is 5.26 Å². The van der Waals surface area contributed by atoms with Crippen molar-refractivity contribution in [2.75, 3.05) is 6.61 Å². The van der Waals surface area contributed by atoms with Crippen LogP contribution in [0, 0.1) is 10.2 Å². The Morgan fingerprint density at radius 3 is 2.38 bits per heavy atom. The van der Waals surface area contributed by atoms with Gasteiger partial charge in [0.2, 0.25) is 0 Å². The van der Waals surface area contributed by atoms with Crippen LogP contribution in [0.25, 0.3) is 11.1 Å². The molecule has 122 valence electrons. The van der Waals surface area contributed by atoms with Gasteiger partial charge in [0, 0.05) is 0 Å². The van der Waals surface area contributed by atoms with Gasteiger partial charge in [-0.2, -0.15) is 0 Å². The molecule has 0 saturated heterocycles. The van der Waals surface area contributed by atoms with Crippen LogP contribution in [0.2, 0.25) is 5.32 Å². The van der Waals surface area contributed by atoms with E-state index in [1.165, 1.54) is 22.3 Å². The van der Waals surface area contributed by atoms with Gasteiger partial charge in [0.15, 0.2) is 0 Å². The van der Waals surface area contributed by atoms with E-state index in [2.05, 4.69) is 34.5 Å². The molecule has 0 heterocycles. The monoisotopic (exact) mass is 386 g/mol. The molecule has 1 aliphatic rings. The Morgan fingerprint density at radius 1 is 1.21 bits per heavy atom. The van der Waals surface area contributed by atoms with E-state index in [4.69, 9.17) is 10.00 Å². The second-order valence-electron chi connectivity index (χ2n) is 5.77. The quantitative estimate of drug-likeness (QED) is 0.802. The number of alkyl carbamates (subject to hydrolysis) is 1. The number of nitriles is 1. The summed E-state index contributed by atoms with van der Waals surface area (Å²) in [5.41, 5.74) is 4.83. The average Bonchev–Trinajstić information content (AvgIpc) is 2.92. The Balaban J connectivity index is 1.68. The number of amides is 1. The molecule has 1 atom stereocenters. The van der Waals surface area contributed by atoms with Crippen molar-refractivity contribution in [3.63, 3.8) is 0 Å². The van der Waals surface area contributed by atoms with Crippen molar-refractivity contribution in [1.82, 2.24) is 5.32 Å². The standard InChI is InChI=1S/C19H18N2O2Se/c1-13(11-24-12-20)21-19(22)23-10-18-16-8-4-2-6-14(16)15-7-3-5-9-17(15)18/h2-9,13,18H,10-11H2,1H3,(H,21,22)/t13-/m0/s1. The van der Waals surface area contributed by atoms with Crippen LogP contribution in [0.5, 0.6) is 0 Å². The Hall–Kier alpha value is -2.28. The fraction of sp³-hybridized carbons (Fsp3) is 0.263. The van der Waals surface area contributed by atoms with Crippen LogP contribution in [0.3, 0.4) is 0 Å². The molecule has 5 heteroatoms. The van der Waals surface area contributed by atoms with Gasteiger partial charge >= 0.3 is 148 Å². The van der Waals surface area contributed by atoms with E-state index in [1.54, 1.807) is 0 Å². The number of ether oxygens (including phenoxy) is 1. The van der Waals surface area contributed by atoms with Crippen LogP contribution in [-0.2, 0) is 4.74 Å². The predicted octanol–water partition coefficient (Wildman–Crippen LogP) is 3.52. The first kappa shape index (κ1) is 16.6. The molecule has 1 aliphatic carbocycles. The number of carbonyl (C=O) groups excluding carboxylic acids is 1. The van der Waals surface area contributed by atoms with Crippen molar-refractivity contribution in [2.45, 2.75) is 24.2 Å². The molecule has 4 nitrogen and oxygen atoms in total. The summed E-state index contributed by atoms with van der Waals surface area (Å²) in [6, 6.07) is 16.5. The zero-order valence-electron chi connectivity index (χ0n) is 13.4. The first-order valence-electron chi connectivity index (χ1n) is 7.83. The van der Waals surface area contributed by atoms with Crippen LogP contribution in [0.1, 0.15) is 24.0 Å². The number of hydrogen-bond acceptors (Lipinski definition) is 3. The van der Waals surface area contributed by atoms with Gasteiger partial charge in [-0.1, -0.05) is 0 Å². The van der Waals surface area contributed by atoms with Crippen molar-refractivity contribution < 1.29 is 9.53 Å². The van der Waals surface area contributed by atoms with Gasteiger partial charge in [0.25, 0.3) is 0 Å². The van der Waals surface area contributed by atoms with Gasteiger partial charge in [-0.3, -0.25) is 0 Å². The molecule has 0 spiro atoms. The molecule has 2 aromatic rings. The molecule has 0 aromatic heterocycles. The normalized spacial score (nSPS) is 13.5. The van der Waals surface area contributed by atoms with Crippen LogP contribution in [0.4, 0.5) is 4.79 Å². The van der Waals surface area contributed by atoms with Crippen LogP contribution in [0.15, 0.2) is 48.5 Å². The molecule has 24 heavy (non-hydrogen) atoms. The van der Waals surface area contributed by atoms with E-state index < -0.39 is 6.09 Å². The number of fused-ring (bicyclic) bond motifs is 3. The van der Waals surface area contributed by atoms with Gasteiger partial charge < -0.3 is 0 Å². The molecule has 0 saturated carbocycles. The van der Waals surface area contributed by atoms with E-state index >= 15 is 0 Å². The van der Waals surface area contributed by atoms with Crippen LogP contribution < -0.4 is 5.32 Å². The predicted molar refractivity (Wildman–Crippen MR) is 93.8 cm³/mol. The second-order valence-corrected chi connectivity index (χ2v) is 7.46. The molecule has 0 bridgehead atoms. The Kier molecular flexibility index (Phi) is 5.20. The summed E-state index contributed by atoms with van der Waals surface area (Å²) >= 11 is -0.101. The molecular weight excluding hydrogens is 367 g/mol. The van der Waals surface area contributed by atoms with Crippen LogP contribution in [-0.4, -0.2) is 33.7 Å². The Labute approximate surface area is 148 Å². The topological polar surface area (TPSA) is 62.1 Å². The summed E-state index contributed by atoms with van der Waals surface area (Å²) in [7, 11) is 0. The summed E-state index contributed by atoms with van der Waals surface area (Å²) in [4.78, 5) is 14.1. The second kappa shape index (κ2) is 7.53. The molecule has 0 fully saturated rings. The van der Waals surface area contributed by atoms with Gasteiger partial charge in [-0.15, -0.1) is 0 Å². The molecule has 0 unspecified atom stereocenters. The van der Waals surface area contributed by atoms with Gasteiger partial charge in [-0.25, -0.2) is 0 Å². The minimum atomic E-state index is -0.418. The zero-order valence-corrected chi connectivity index (χ0v) is 15.1. The number of rotatable bonds is 5. The summed E-state index contributed by atoms with van der Waals surface area (Å²) in [5.74, 6) is 0.0711. The van der Waals surface area contributed by atoms with Gasteiger partial charge in [-0.05, 0) is 0 Å². The summed E-state index contributed by atoms with van der Waals surface area (Å²) < 4.78 is 5.46. The first-order valence-corrected chi connectivity index (χ1v) is 9.90. The van der Waals surface area contributed by atoms with Gasteiger partial charge in [0.05, 0.1) is 0 Å². The molecular formula is C19H18N2O2Se. The fourth-order valence-electron chi connectivity index (χ4n) is 3.05. The van der Waals surface area contributed by atoms with Crippen molar-refractivity contribution >= 4 is 21.1 Å². The Bertz CT molecular complexity index is 739. The van der Waals surface area contributed by atoms with E-state index in [-0.39, 0.29) is 26.9 Å². The average molecular weight is 385 g/mol. The van der Waals surface area contributed by atoms with Crippen molar-refractivity contribution in [3.05, 3.63) is 59.7 Å². The summed E-state index contributed by atoms with van der Waals surface area (Å²) in [6.07, 6.45) is -0.418. The number of hydrogen-bond donors (Lipinski definition) is 1. The molecule has 2 aromatic carbocycles. The molecule has 0 aliphatic heterocycles. The number of carbonyl (C=O) groups is 1. The van der Waals surface area contributed by atoms with Crippen LogP contribution >= 0.6 is 0 Å². The van der Waals surface area contributed by atoms with Crippen molar-refractivity contribution in [3.8, 4) is 16.1 Å². The van der Waals surface area contributed by atoms with Crippen molar-refractivity contribution in [2.24, 2.45) is 0 Å². The third-order valence-electron chi connectivity index (χ3n) is 4.11. The third kappa shape index (κ3) is 3.46. The summed E-state index contributed by atoms with van der Waals surface area (Å²) in [6.45, 7) is 2.20. The Morgan fingerprint density at radius 2 is 1.79 bits per heavy atom. The first-order chi connectivity index (χ1) is 11.7. The van der Waals surface area contributed by atoms with E-state index in [0.717, 1.165) is 0 Å². The summed E-state index contributed by atoms with van der Waals surface area (Å²) in [5, 5.41) is 12.1. The zero-order chi connectivity index (χ0) is 16.9. The molecule has 1 N–H and O–H groups in total. The molecule has 0 radical (unpaired) electrons.